The van der Waals surface area contributed by atoms with Gasteiger partial charge in [0.2, 0.25) is 5.95 Å². The number of tetrazole rings is 1. The molecule has 19 heavy (non-hydrogen) atoms. The van der Waals surface area contributed by atoms with Crippen molar-refractivity contribution >= 4 is 11.8 Å². The van der Waals surface area contributed by atoms with E-state index in [-0.39, 0.29) is 0 Å². The van der Waals surface area contributed by atoms with Gasteiger partial charge >= 0.3 is 0 Å². The highest BCUT2D eigenvalue weighted by Gasteiger charge is 2.18. The molecule has 9 heteroatoms. The molecule has 2 N–H and O–H groups in total. The van der Waals surface area contributed by atoms with Crippen molar-refractivity contribution in [1.29, 1.82) is 0 Å². The summed E-state index contributed by atoms with van der Waals surface area (Å²) in [5, 5.41) is 16.3. The van der Waals surface area contributed by atoms with Gasteiger partial charge in [-0.1, -0.05) is 5.21 Å². The summed E-state index contributed by atoms with van der Waals surface area (Å²) in [7, 11) is 0. The fourth-order valence-corrected chi connectivity index (χ4v) is 2.01. The number of nitrogens with one attached hydrogen (secondary N) is 2. The zero-order chi connectivity index (χ0) is 13.1. The van der Waals surface area contributed by atoms with Gasteiger partial charge in [0.25, 0.3) is 0 Å². The van der Waals surface area contributed by atoms with Gasteiger partial charge in [-0.2, -0.15) is 10.2 Å². The number of anilines is 2. The number of hydrogen-bond acceptors (Lipinski definition) is 7. The monoisotopic (exact) mass is 264 g/mol. The van der Waals surface area contributed by atoms with E-state index in [1.165, 1.54) is 6.20 Å². The van der Waals surface area contributed by atoms with Gasteiger partial charge in [-0.3, -0.25) is 0 Å². The first-order valence-corrected chi connectivity index (χ1v) is 6.06. The van der Waals surface area contributed by atoms with Crippen LogP contribution in [0.5, 0.6) is 0 Å². The minimum absolute atomic E-state index is 0.335. The molecule has 0 aliphatic carbocycles. The van der Waals surface area contributed by atoms with E-state index in [0.717, 1.165) is 25.9 Å². The van der Waals surface area contributed by atoms with Crippen LogP contribution in [0.25, 0.3) is 0 Å². The second kappa shape index (κ2) is 5.12. The summed E-state index contributed by atoms with van der Waals surface area (Å²) in [5.41, 5.74) is 0. The molecule has 0 saturated carbocycles. The van der Waals surface area contributed by atoms with Gasteiger partial charge < -0.3 is 10.2 Å². The average Bonchev–Trinajstić information content (AvgIpc) is 3.11. The minimum atomic E-state index is -0.396. The molecule has 0 radical (unpaired) electrons. The minimum Gasteiger partial charge on any atom is -0.354 e. The molecule has 3 rings (SSSR count). The van der Waals surface area contributed by atoms with Crippen molar-refractivity contribution in [2.75, 3.05) is 23.3 Å². The molecule has 2 aromatic heterocycles. The van der Waals surface area contributed by atoms with Crippen LogP contribution in [0.4, 0.5) is 16.2 Å². The smallest absolute Gasteiger partial charge is 0.225 e. The van der Waals surface area contributed by atoms with Crippen molar-refractivity contribution in [3.8, 4) is 0 Å². The molecular weight excluding hydrogens is 251 g/mol. The summed E-state index contributed by atoms with van der Waals surface area (Å²) >= 11 is 0. The fourth-order valence-electron chi connectivity index (χ4n) is 2.01. The van der Waals surface area contributed by atoms with Gasteiger partial charge in [-0.15, -0.1) is 10.2 Å². The molecule has 0 atom stereocenters. The van der Waals surface area contributed by atoms with Crippen molar-refractivity contribution < 1.29 is 4.39 Å². The van der Waals surface area contributed by atoms with E-state index < -0.39 is 5.82 Å². The molecule has 1 fully saturated rings. The number of hydrogen-bond donors (Lipinski definition) is 2. The topological polar surface area (TPSA) is 95.5 Å². The Hall–Kier alpha value is -2.32. The van der Waals surface area contributed by atoms with Gasteiger partial charge in [0, 0.05) is 13.1 Å². The van der Waals surface area contributed by atoms with Gasteiger partial charge in [0.15, 0.2) is 17.5 Å². The van der Waals surface area contributed by atoms with Crippen LogP contribution in [0.3, 0.4) is 0 Å². The summed E-state index contributed by atoms with van der Waals surface area (Å²) < 4.78 is 13.7. The molecule has 1 saturated heterocycles. The second-order valence-corrected chi connectivity index (χ2v) is 4.24. The molecule has 3 heterocycles. The zero-order valence-corrected chi connectivity index (χ0v) is 10.2. The van der Waals surface area contributed by atoms with Crippen molar-refractivity contribution in [3.63, 3.8) is 0 Å². The van der Waals surface area contributed by atoms with Crippen LogP contribution < -0.4 is 10.2 Å². The molecule has 0 aromatic carbocycles. The summed E-state index contributed by atoms with van der Waals surface area (Å²) in [6.07, 6.45) is 3.31. The third-order valence-corrected chi connectivity index (χ3v) is 2.93. The van der Waals surface area contributed by atoms with Crippen LogP contribution in [0.1, 0.15) is 18.7 Å². The van der Waals surface area contributed by atoms with E-state index in [1.54, 1.807) is 0 Å². The number of H-pyrrole nitrogens is 1. The Labute approximate surface area is 108 Å². The van der Waals surface area contributed by atoms with Gasteiger partial charge in [0.1, 0.15) is 0 Å². The normalized spacial score (nSPS) is 14.9. The number of nitrogens with zero attached hydrogens (tertiary/aromatic N) is 6. The summed E-state index contributed by atoms with van der Waals surface area (Å²) in [4.78, 5) is 10.0. The predicted molar refractivity (Wildman–Crippen MR) is 64.9 cm³/mol. The van der Waals surface area contributed by atoms with Crippen molar-refractivity contribution in [2.45, 2.75) is 19.4 Å². The third kappa shape index (κ3) is 2.59. The van der Waals surface area contributed by atoms with Gasteiger partial charge in [-0.25, -0.2) is 9.37 Å². The lowest BCUT2D eigenvalue weighted by Gasteiger charge is -2.17. The predicted octanol–water partition coefficient (Wildman–Crippen LogP) is 0.341. The van der Waals surface area contributed by atoms with Crippen LogP contribution in [0, 0.1) is 5.82 Å². The highest BCUT2D eigenvalue weighted by atomic mass is 19.1. The van der Waals surface area contributed by atoms with E-state index in [4.69, 9.17) is 0 Å². The molecule has 0 unspecified atom stereocenters. The Morgan fingerprint density at radius 1 is 1.37 bits per heavy atom. The molecular formula is C10H13FN8. The number of halogens is 1. The third-order valence-electron chi connectivity index (χ3n) is 2.93. The largest absolute Gasteiger partial charge is 0.354 e. The lowest BCUT2D eigenvalue weighted by molar-refractivity contribution is 0.608. The summed E-state index contributed by atoms with van der Waals surface area (Å²) in [6.45, 7) is 2.00. The van der Waals surface area contributed by atoms with Crippen molar-refractivity contribution in [1.82, 2.24) is 30.6 Å². The highest BCUT2D eigenvalue weighted by Crippen LogP contribution is 2.21. The Bertz CT molecular complexity index is 536. The summed E-state index contributed by atoms with van der Waals surface area (Å²) in [6, 6.07) is 0. The standard InChI is InChI=1S/C10H13FN8/c11-7-5-12-10(13-6-8-15-17-18-16-8)14-9(7)19-3-1-2-4-19/h5H,1-4,6H2,(H,12,13,14)(H,15,16,17,18). The molecule has 2 aromatic rings. The van der Waals surface area contributed by atoms with Crippen LogP contribution >= 0.6 is 0 Å². The Morgan fingerprint density at radius 3 is 2.95 bits per heavy atom. The maximum atomic E-state index is 13.7. The van der Waals surface area contributed by atoms with E-state index in [2.05, 4.69) is 35.9 Å². The SMILES string of the molecule is Fc1cnc(NCc2nn[nH]n2)nc1N1CCCC1. The Kier molecular flexibility index (Phi) is 3.17. The molecule has 0 bridgehead atoms. The molecule has 1 aliphatic heterocycles. The van der Waals surface area contributed by atoms with Crippen LogP contribution in [-0.2, 0) is 6.54 Å². The van der Waals surface area contributed by atoms with E-state index in [1.807, 2.05) is 4.90 Å². The van der Waals surface area contributed by atoms with E-state index in [9.17, 15) is 4.39 Å². The number of rotatable bonds is 4. The molecule has 8 nitrogen and oxygen atoms in total. The molecule has 1 aliphatic rings. The van der Waals surface area contributed by atoms with Crippen LogP contribution in [0.15, 0.2) is 6.20 Å². The quantitative estimate of drug-likeness (QED) is 0.822. The molecule has 100 valence electrons. The zero-order valence-electron chi connectivity index (χ0n) is 10.2. The first kappa shape index (κ1) is 11.8. The lowest BCUT2D eigenvalue weighted by Crippen LogP contribution is -2.21. The Balaban J connectivity index is 1.73. The lowest BCUT2D eigenvalue weighted by atomic mass is 10.4. The van der Waals surface area contributed by atoms with Gasteiger partial charge in [-0.05, 0) is 12.8 Å². The van der Waals surface area contributed by atoms with E-state index >= 15 is 0 Å². The maximum Gasteiger partial charge on any atom is 0.225 e. The first-order chi connectivity index (χ1) is 9.33. The second-order valence-electron chi connectivity index (χ2n) is 4.24. The van der Waals surface area contributed by atoms with Crippen LogP contribution in [-0.4, -0.2) is 43.7 Å². The van der Waals surface area contributed by atoms with E-state index in [0.29, 0.717) is 24.1 Å². The van der Waals surface area contributed by atoms with Crippen molar-refractivity contribution in [2.24, 2.45) is 0 Å². The molecule has 0 amide bonds. The summed E-state index contributed by atoms with van der Waals surface area (Å²) in [5.74, 6) is 0.805. The Morgan fingerprint density at radius 2 is 2.21 bits per heavy atom. The fraction of sp³-hybridized carbons (Fsp3) is 0.500. The first-order valence-electron chi connectivity index (χ1n) is 6.06. The van der Waals surface area contributed by atoms with Crippen LogP contribution in [0.2, 0.25) is 0 Å². The van der Waals surface area contributed by atoms with Gasteiger partial charge in [0.05, 0.1) is 12.7 Å². The highest BCUT2D eigenvalue weighted by molar-refractivity contribution is 5.44. The van der Waals surface area contributed by atoms with Crippen molar-refractivity contribution in [3.05, 3.63) is 17.8 Å². The molecule has 0 spiro atoms. The maximum absolute atomic E-state index is 13.7. The number of aromatic amines is 1. The average molecular weight is 264 g/mol. The number of aromatic nitrogens is 6.